The summed E-state index contributed by atoms with van der Waals surface area (Å²) >= 11 is 0. The number of fused-ring (bicyclic) bond motifs is 5. The molecule has 0 unspecified atom stereocenters. The third kappa shape index (κ3) is 3.85. The molecule has 0 N–H and O–H groups in total. The maximum Gasteiger partial charge on any atom is 0.488 e. The molecule has 0 aliphatic heterocycles. The van der Waals surface area contributed by atoms with Crippen LogP contribution in [-0.2, 0) is 21.7 Å². The molecule has 4 rings (SSSR count). The molecule has 1 aromatic rings. The molecule has 29 heavy (non-hydrogen) atoms. The highest BCUT2D eigenvalue weighted by Gasteiger charge is 2.56. The molecule has 1 aromatic carbocycles. The minimum atomic E-state index is -5.00. The van der Waals surface area contributed by atoms with Crippen LogP contribution in [0.1, 0.15) is 76.3 Å². The van der Waals surface area contributed by atoms with Crippen molar-refractivity contribution in [3.05, 3.63) is 29.3 Å². The molecule has 0 radical (unpaired) electrons. The second kappa shape index (κ2) is 7.36. The summed E-state index contributed by atoms with van der Waals surface area (Å²) in [6, 6.07) is 5.17. The smallest absolute Gasteiger partial charge is 0.358 e. The Hall–Kier alpha value is -1.43. The molecule has 2 fully saturated rings. The van der Waals surface area contributed by atoms with Crippen LogP contribution < -0.4 is 4.18 Å². The van der Waals surface area contributed by atoms with Crippen LogP contribution in [0, 0.1) is 29.1 Å². The van der Waals surface area contributed by atoms with E-state index in [1.807, 2.05) is 6.07 Å². The summed E-state index contributed by atoms with van der Waals surface area (Å²) in [7, 11) is -5.00. The third-order valence-electron chi connectivity index (χ3n) is 7.89. The van der Waals surface area contributed by atoms with Gasteiger partial charge in [0.05, 0.1) is 0 Å². The van der Waals surface area contributed by atoms with Gasteiger partial charge < -0.3 is 4.18 Å². The molecule has 0 aromatic heterocycles. The molecular formula is C23H31FO4S. The summed E-state index contributed by atoms with van der Waals surface area (Å²) in [6.07, 6.45) is 6.82. The second-order valence-electron chi connectivity index (χ2n) is 9.99. The first-order chi connectivity index (χ1) is 13.6. The number of carbonyl (C=O) groups is 1. The Bertz CT molecular complexity index is 909. The Labute approximate surface area is 173 Å². The van der Waals surface area contributed by atoms with Gasteiger partial charge >= 0.3 is 10.5 Å². The number of hydrogen-bond acceptors (Lipinski definition) is 4. The fourth-order valence-corrected chi connectivity index (χ4v) is 7.13. The normalized spacial score (nSPS) is 33.7. The Morgan fingerprint density at radius 1 is 1.24 bits per heavy atom. The first kappa shape index (κ1) is 20.8. The van der Waals surface area contributed by atoms with Crippen molar-refractivity contribution in [1.29, 1.82) is 0 Å². The summed E-state index contributed by atoms with van der Waals surface area (Å²) < 4.78 is 38.9. The molecule has 0 heterocycles. The van der Waals surface area contributed by atoms with Gasteiger partial charge in [0.1, 0.15) is 11.5 Å². The topological polar surface area (TPSA) is 60.4 Å². The van der Waals surface area contributed by atoms with Crippen LogP contribution in [0.25, 0.3) is 0 Å². The predicted octanol–water partition coefficient (Wildman–Crippen LogP) is 5.37. The van der Waals surface area contributed by atoms with Crippen molar-refractivity contribution in [2.45, 2.75) is 71.6 Å². The summed E-state index contributed by atoms with van der Waals surface area (Å²) in [5.41, 5.74) is 2.43. The number of benzene rings is 1. The van der Waals surface area contributed by atoms with Crippen LogP contribution in [0.5, 0.6) is 5.75 Å². The van der Waals surface area contributed by atoms with Gasteiger partial charge in [0, 0.05) is 12.3 Å². The van der Waals surface area contributed by atoms with Crippen LogP contribution in [0.15, 0.2) is 18.2 Å². The highest BCUT2D eigenvalue weighted by atomic mass is 32.3. The van der Waals surface area contributed by atoms with Gasteiger partial charge in [-0.05, 0) is 90.9 Å². The Morgan fingerprint density at radius 3 is 2.69 bits per heavy atom. The molecule has 160 valence electrons. The maximum atomic E-state index is 12.9. The standard InChI is InChI=1S/C23H31FO4S/c1-14(2)12-22(25)21-9-8-20-19-6-4-15-13-16(28-29(24,26)27)5-7-17(15)18(19)10-11-23(20,21)3/h5,7,13-14,18-21H,4,6,8-12H2,1-3H3/t18-,19-,20+,21-,23+/m1/s1. The summed E-state index contributed by atoms with van der Waals surface area (Å²) in [4.78, 5) is 12.9. The van der Waals surface area contributed by atoms with Gasteiger partial charge in [0.25, 0.3) is 0 Å². The van der Waals surface area contributed by atoms with E-state index in [4.69, 9.17) is 0 Å². The average Bonchev–Trinajstić information content (AvgIpc) is 2.96. The van der Waals surface area contributed by atoms with Crippen molar-refractivity contribution >= 4 is 16.3 Å². The van der Waals surface area contributed by atoms with Crippen molar-refractivity contribution in [2.24, 2.45) is 29.1 Å². The number of rotatable bonds is 5. The molecule has 2 saturated carbocycles. The summed E-state index contributed by atoms with van der Waals surface area (Å²) in [6.45, 7) is 6.59. The highest BCUT2D eigenvalue weighted by molar-refractivity contribution is 7.81. The third-order valence-corrected chi connectivity index (χ3v) is 8.28. The zero-order valence-corrected chi connectivity index (χ0v) is 18.3. The lowest BCUT2D eigenvalue weighted by Crippen LogP contribution is -2.44. The molecule has 4 nitrogen and oxygen atoms in total. The molecule has 6 heteroatoms. The predicted molar refractivity (Wildman–Crippen MR) is 110 cm³/mol. The van der Waals surface area contributed by atoms with Crippen molar-refractivity contribution < 1.29 is 21.3 Å². The van der Waals surface area contributed by atoms with Crippen molar-refractivity contribution in [1.82, 2.24) is 0 Å². The summed E-state index contributed by atoms with van der Waals surface area (Å²) in [5, 5.41) is 0. The van der Waals surface area contributed by atoms with Crippen LogP contribution >= 0.6 is 0 Å². The fourth-order valence-electron chi connectivity index (χ4n) is 6.80. The molecule has 0 amide bonds. The second-order valence-corrected chi connectivity index (χ2v) is 10.9. The largest absolute Gasteiger partial charge is 0.488 e. The van der Waals surface area contributed by atoms with Crippen molar-refractivity contribution in [3.63, 3.8) is 0 Å². The first-order valence-corrected chi connectivity index (χ1v) is 12.2. The van der Waals surface area contributed by atoms with Crippen LogP contribution in [0.4, 0.5) is 3.89 Å². The Balaban J connectivity index is 1.56. The van der Waals surface area contributed by atoms with E-state index in [0.717, 1.165) is 44.1 Å². The van der Waals surface area contributed by atoms with E-state index < -0.39 is 10.5 Å². The number of halogens is 1. The van der Waals surface area contributed by atoms with E-state index in [0.29, 0.717) is 35.9 Å². The van der Waals surface area contributed by atoms with Gasteiger partial charge in [-0.1, -0.05) is 30.7 Å². The molecule has 5 atom stereocenters. The maximum absolute atomic E-state index is 12.9. The number of ketones is 1. The average molecular weight is 423 g/mol. The molecule has 0 bridgehead atoms. The van der Waals surface area contributed by atoms with Gasteiger partial charge in [-0.3, -0.25) is 4.79 Å². The molecular weight excluding hydrogens is 391 g/mol. The zero-order valence-electron chi connectivity index (χ0n) is 17.5. The fraction of sp³-hybridized carbons (Fsp3) is 0.696. The minimum absolute atomic E-state index is 0.0468. The number of carbonyl (C=O) groups excluding carboxylic acids is 1. The zero-order chi connectivity index (χ0) is 21.0. The number of aryl methyl sites for hydroxylation is 1. The minimum Gasteiger partial charge on any atom is -0.358 e. The van der Waals surface area contributed by atoms with Crippen LogP contribution in [0.2, 0.25) is 0 Å². The Kier molecular flexibility index (Phi) is 5.29. The lowest BCUT2D eigenvalue weighted by Gasteiger charge is -2.50. The van der Waals surface area contributed by atoms with E-state index in [1.54, 1.807) is 12.1 Å². The SMILES string of the molecule is CC(C)CC(=O)[C@H]1CC[C@H]2[C@@H]3CCc4cc(OS(=O)(=O)F)ccc4[C@H]3CC[C@]12C. The Morgan fingerprint density at radius 2 is 2.00 bits per heavy atom. The van der Waals surface area contributed by atoms with Crippen molar-refractivity contribution in [3.8, 4) is 5.75 Å². The van der Waals surface area contributed by atoms with Crippen molar-refractivity contribution in [2.75, 3.05) is 0 Å². The van der Waals surface area contributed by atoms with E-state index in [1.165, 1.54) is 5.56 Å². The lowest BCUT2D eigenvalue weighted by atomic mass is 9.53. The van der Waals surface area contributed by atoms with Gasteiger partial charge in [-0.2, -0.15) is 8.42 Å². The van der Waals surface area contributed by atoms with Crippen LogP contribution in [0.3, 0.4) is 0 Å². The van der Waals surface area contributed by atoms with E-state index in [2.05, 4.69) is 25.0 Å². The molecule has 0 saturated heterocycles. The molecule has 0 spiro atoms. The van der Waals surface area contributed by atoms with Crippen LogP contribution in [-0.4, -0.2) is 14.2 Å². The number of Topliss-reactive ketones (excluding diaryl/α,β-unsaturated/α-hetero) is 1. The quantitative estimate of drug-likeness (QED) is 0.599. The molecule has 3 aliphatic rings. The first-order valence-electron chi connectivity index (χ1n) is 10.9. The highest BCUT2D eigenvalue weighted by Crippen LogP contribution is 2.63. The van der Waals surface area contributed by atoms with E-state index in [9.17, 15) is 17.1 Å². The lowest BCUT2D eigenvalue weighted by molar-refractivity contribution is -0.128. The van der Waals surface area contributed by atoms with E-state index in [-0.39, 0.29) is 17.1 Å². The summed E-state index contributed by atoms with van der Waals surface area (Å²) in [5.74, 6) is 2.68. The van der Waals surface area contributed by atoms with Gasteiger partial charge in [0.2, 0.25) is 0 Å². The van der Waals surface area contributed by atoms with Gasteiger partial charge in [-0.15, -0.1) is 0 Å². The van der Waals surface area contributed by atoms with E-state index >= 15 is 0 Å². The molecule has 3 aliphatic carbocycles. The number of hydrogen-bond donors (Lipinski definition) is 0. The van der Waals surface area contributed by atoms with Gasteiger partial charge in [-0.25, -0.2) is 0 Å². The monoisotopic (exact) mass is 422 g/mol. The van der Waals surface area contributed by atoms with Gasteiger partial charge in [0.15, 0.2) is 0 Å².